The van der Waals surface area contributed by atoms with Gasteiger partial charge < -0.3 is 24.1 Å². The number of anilines is 1. The minimum Gasteiger partial charge on any atom is -0.497 e. The minimum absolute atomic E-state index is 0.249. The van der Waals surface area contributed by atoms with E-state index in [-0.39, 0.29) is 12.1 Å². The molecule has 4 aromatic rings. The Hall–Kier alpha value is -4.17. The maximum Gasteiger partial charge on any atom is 0.338 e. The normalized spacial score (nSPS) is 17.2. The van der Waals surface area contributed by atoms with E-state index in [9.17, 15) is 4.79 Å². The van der Waals surface area contributed by atoms with Crippen LogP contribution in [0.25, 0.3) is 11.3 Å². The first kappa shape index (κ1) is 22.6. The van der Waals surface area contributed by atoms with E-state index in [1.165, 1.54) is 7.11 Å². The van der Waals surface area contributed by atoms with Crippen molar-refractivity contribution in [3.63, 3.8) is 0 Å². The van der Waals surface area contributed by atoms with Gasteiger partial charge in [0.1, 0.15) is 23.3 Å². The molecule has 1 fully saturated rings. The van der Waals surface area contributed by atoms with Gasteiger partial charge in [0.2, 0.25) is 0 Å². The molecule has 0 radical (unpaired) electrons. The van der Waals surface area contributed by atoms with Gasteiger partial charge in [0, 0.05) is 17.4 Å². The lowest BCUT2D eigenvalue weighted by Gasteiger charge is -2.26. The fourth-order valence-corrected chi connectivity index (χ4v) is 4.65. The molecule has 1 aliphatic rings. The van der Waals surface area contributed by atoms with Crippen LogP contribution in [0, 0.1) is 0 Å². The van der Waals surface area contributed by atoms with Crippen molar-refractivity contribution in [2.45, 2.75) is 12.1 Å². The summed E-state index contributed by atoms with van der Waals surface area (Å²) in [7, 11) is 3.00. The molecule has 0 bridgehead atoms. The molecule has 5 rings (SSSR count). The van der Waals surface area contributed by atoms with Crippen molar-refractivity contribution in [2.24, 2.45) is 0 Å². The second-order valence-electron chi connectivity index (χ2n) is 7.93. The summed E-state index contributed by atoms with van der Waals surface area (Å²) >= 11 is 5.76. The van der Waals surface area contributed by atoms with Crippen molar-refractivity contribution >= 4 is 29.0 Å². The second kappa shape index (κ2) is 9.60. The standard InChI is InChI=1S/C27H23N3O4S/c1-32-18-12-10-17(11-13-18)30-25(24(29-27(30)35)21-9-5-6-16-28-21)23-15-14-22(34-23)19-7-3-4-8-20(19)26(31)33-2/h3-16,24-25H,1-2H3,(H,29,35). The number of nitrogens with one attached hydrogen (secondary N) is 1. The van der Waals surface area contributed by atoms with Crippen molar-refractivity contribution < 1.29 is 18.7 Å². The summed E-state index contributed by atoms with van der Waals surface area (Å²) < 4.78 is 16.7. The summed E-state index contributed by atoms with van der Waals surface area (Å²) in [4.78, 5) is 18.9. The van der Waals surface area contributed by atoms with E-state index >= 15 is 0 Å². The number of aromatic nitrogens is 1. The van der Waals surface area contributed by atoms with Crippen LogP contribution in [0.3, 0.4) is 0 Å². The van der Waals surface area contributed by atoms with Crippen LogP contribution in [0.5, 0.6) is 5.75 Å². The predicted octanol–water partition coefficient (Wildman–Crippen LogP) is 5.31. The molecule has 1 aliphatic heterocycles. The summed E-state index contributed by atoms with van der Waals surface area (Å²) in [6.07, 6.45) is 1.76. The topological polar surface area (TPSA) is 76.8 Å². The Kier molecular flexibility index (Phi) is 6.20. The third kappa shape index (κ3) is 4.24. The third-order valence-corrected chi connectivity index (χ3v) is 6.28. The highest BCUT2D eigenvalue weighted by molar-refractivity contribution is 7.80. The van der Waals surface area contributed by atoms with Crippen molar-refractivity contribution in [1.82, 2.24) is 10.3 Å². The van der Waals surface area contributed by atoms with Crippen LogP contribution < -0.4 is 15.0 Å². The Morgan fingerprint density at radius 3 is 2.49 bits per heavy atom. The van der Waals surface area contributed by atoms with E-state index < -0.39 is 5.97 Å². The van der Waals surface area contributed by atoms with Crippen LogP contribution in [-0.2, 0) is 4.74 Å². The highest BCUT2D eigenvalue weighted by Gasteiger charge is 2.42. The van der Waals surface area contributed by atoms with Crippen LogP contribution in [-0.4, -0.2) is 30.3 Å². The van der Waals surface area contributed by atoms with Crippen LogP contribution in [0.1, 0.15) is 33.9 Å². The number of thiocarbonyl (C=S) groups is 1. The van der Waals surface area contributed by atoms with Crippen molar-refractivity contribution in [1.29, 1.82) is 0 Å². The molecular weight excluding hydrogens is 462 g/mol. The number of carbonyl (C=O) groups excluding carboxylic acids is 1. The maximum absolute atomic E-state index is 12.3. The number of esters is 1. The molecule has 1 N–H and O–H groups in total. The van der Waals surface area contributed by atoms with Crippen molar-refractivity contribution in [3.05, 3.63) is 102 Å². The van der Waals surface area contributed by atoms with Crippen LogP contribution >= 0.6 is 12.2 Å². The number of nitrogens with zero attached hydrogens (tertiary/aromatic N) is 2. The highest BCUT2D eigenvalue weighted by atomic mass is 32.1. The molecule has 2 aromatic heterocycles. The molecule has 7 nitrogen and oxygen atoms in total. The molecule has 0 spiro atoms. The van der Waals surface area contributed by atoms with Crippen LogP contribution in [0.4, 0.5) is 5.69 Å². The molecule has 8 heteroatoms. The van der Waals surface area contributed by atoms with E-state index in [0.29, 0.717) is 27.8 Å². The fourth-order valence-electron chi connectivity index (χ4n) is 4.31. The fraction of sp³-hybridized carbons (Fsp3) is 0.148. The molecule has 0 saturated carbocycles. The van der Waals surface area contributed by atoms with Gasteiger partial charge in [0.05, 0.1) is 31.5 Å². The zero-order valence-electron chi connectivity index (χ0n) is 19.2. The summed E-state index contributed by atoms with van der Waals surface area (Å²) in [5, 5.41) is 3.97. The molecular formula is C27H23N3O4S. The zero-order valence-corrected chi connectivity index (χ0v) is 20.0. The molecule has 0 aliphatic carbocycles. The molecule has 2 unspecified atom stereocenters. The van der Waals surface area contributed by atoms with Crippen molar-refractivity contribution in [3.8, 4) is 17.1 Å². The van der Waals surface area contributed by atoms with Gasteiger partial charge in [-0.15, -0.1) is 0 Å². The maximum atomic E-state index is 12.3. The highest BCUT2D eigenvalue weighted by Crippen LogP contribution is 2.43. The zero-order chi connectivity index (χ0) is 24.4. The van der Waals surface area contributed by atoms with Gasteiger partial charge in [-0.05, 0) is 66.8 Å². The van der Waals surface area contributed by atoms with Crippen LogP contribution in [0.15, 0.2) is 89.5 Å². The second-order valence-corrected chi connectivity index (χ2v) is 8.32. The van der Waals surface area contributed by atoms with E-state index in [1.807, 2.05) is 71.6 Å². The number of benzene rings is 2. The Balaban J connectivity index is 1.59. The smallest absolute Gasteiger partial charge is 0.338 e. The van der Waals surface area contributed by atoms with E-state index in [4.69, 9.17) is 26.1 Å². The largest absolute Gasteiger partial charge is 0.497 e. The SMILES string of the molecule is COC(=O)c1ccccc1-c1ccc(C2C(c3ccccn3)NC(=S)N2c2ccc(OC)cc2)o1. The lowest BCUT2D eigenvalue weighted by atomic mass is 10.0. The van der Waals surface area contributed by atoms with Gasteiger partial charge >= 0.3 is 5.97 Å². The monoisotopic (exact) mass is 485 g/mol. The van der Waals surface area contributed by atoms with Gasteiger partial charge in [-0.25, -0.2) is 4.79 Å². The average Bonchev–Trinajstić information content (AvgIpc) is 3.53. The third-order valence-electron chi connectivity index (χ3n) is 5.96. The van der Waals surface area contributed by atoms with E-state index in [0.717, 1.165) is 17.1 Å². The molecule has 2 atom stereocenters. The average molecular weight is 486 g/mol. The first-order valence-electron chi connectivity index (χ1n) is 11.0. The first-order valence-corrected chi connectivity index (χ1v) is 11.4. The minimum atomic E-state index is -0.423. The molecule has 2 aromatic carbocycles. The van der Waals surface area contributed by atoms with E-state index in [1.54, 1.807) is 25.4 Å². The molecule has 0 amide bonds. The summed E-state index contributed by atoms with van der Waals surface area (Å²) in [6, 6.07) is 23.9. The number of methoxy groups -OCH3 is 2. The number of hydrogen-bond donors (Lipinski definition) is 1. The van der Waals surface area contributed by atoms with Gasteiger partial charge in [0.25, 0.3) is 0 Å². The summed E-state index contributed by atoms with van der Waals surface area (Å²) in [5.41, 5.74) is 2.82. The first-order chi connectivity index (χ1) is 17.1. The molecule has 3 heterocycles. The number of carbonyl (C=O) groups is 1. The summed E-state index contributed by atoms with van der Waals surface area (Å²) in [5.74, 6) is 1.57. The number of rotatable bonds is 6. The summed E-state index contributed by atoms with van der Waals surface area (Å²) in [6.45, 7) is 0. The van der Waals surface area contributed by atoms with Gasteiger partial charge in [0.15, 0.2) is 5.11 Å². The van der Waals surface area contributed by atoms with Gasteiger partial charge in [-0.1, -0.05) is 24.3 Å². The Morgan fingerprint density at radius 2 is 1.77 bits per heavy atom. The Labute approximate surface area is 208 Å². The number of hydrogen-bond acceptors (Lipinski definition) is 6. The molecule has 176 valence electrons. The lowest BCUT2D eigenvalue weighted by Crippen LogP contribution is -2.29. The van der Waals surface area contributed by atoms with Crippen LogP contribution in [0.2, 0.25) is 0 Å². The molecule has 35 heavy (non-hydrogen) atoms. The van der Waals surface area contributed by atoms with Crippen molar-refractivity contribution in [2.75, 3.05) is 19.1 Å². The predicted molar refractivity (Wildman–Crippen MR) is 136 cm³/mol. The van der Waals surface area contributed by atoms with Gasteiger partial charge in [-0.3, -0.25) is 4.98 Å². The Morgan fingerprint density at radius 1 is 1.00 bits per heavy atom. The van der Waals surface area contributed by atoms with E-state index in [2.05, 4.69) is 10.3 Å². The lowest BCUT2D eigenvalue weighted by molar-refractivity contribution is 0.0601. The number of ether oxygens (including phenoxy) is 2. The van der Waals surface area contributed by atoms with Gasteiger partial charge in [-0.2, -0.15) is 0 Å². The number of pyridine rings is 1. The Bertz CT molecular complexity index is 1350. The molecule has 1 saturated heterocycles. The quantitative estimate of drug-likeness (QED) is 0.291. The number of furan rings is 1.